The van der Waals surface area contributed by atoms with Gasteiger partial charge in [-0.3, -0.25) is 5.10 Å². The molecule has 1 fully saturated rings. The number of nitrogens with one attached hydrogen (secondary N) is 1. The molecule has 6 nitrogen and oxygen atoms in total. The van der Waals surface area contributed by atoms with Crippen LogP contribution in [0, 0.1) is 0 Å². The van der Waals surface area contributed by atoms with E-state index in [0.29, 0.717) is 13.1 Å². The minimum Gasteiger partial charge on any atom is -0.444 e. The van der Waals surface area contributed by atoms with Gasteiger partial charge in [0.05, 0.1) is 10.9 Å². The summed E-state index contributed by atoms with van der Waals surface area (Å²) in [7, 11) is 0. The van der Waals surface area contributed by atoms with Crippen LogP contribution in [-0.2, 0) is 4.74 Å². The van der Waals surface area contributed by atoms with E-state index in [9.17, 15) is 4.79 Å². The Labute approximate surface area is 197 Å². The van der Waals surface area contributed by atoms with E-state index >= 15 is 0 Å². The Morgan fingerprint density at radius 3 is 2.48 bits per heavy atom. The van der Waals surface area contributed by atoms with Gasteiger partial charge in [-0.2, -0.15) is 5.10 Å². The number of fused-ring (bicyclic) bond motifs is 2. The molecular formula is C26H28N4O2S. The summed E-state index contributed by atoms with van der Waals surface area (Å²) in [5.74, 6) is 0. The number of carbonyl (C=O) groups is 1. The molecule has 0 unspecified atom stereocenters. The Balaban J connectivity index is 1.41. The highest BCUT2D eigenvalue weighted by Crippen LogP contribution is 2.39. The van der Waals surface area contributed by atoms with Crippen LogP contribution in [0.5, 0.6) is 0 Å². The van der Waals surface area contributed by atoms with Crippen molar-refractivity contribution in [3.05, 3.63) is 60.7 Å². The van der Waals surface area contributed by atoms with Crippen molar-refractivity contribution in [3.8, 4) is 0 Å². The molecule has 170 valence electrons. The molecule has 5 rings (SSSR count). The monoisotopic (exact) mass is 460 g/mol. The lowest BCUT2D eigenvalue weighted by Gasteiger charge is -2.37. The number of H-pyrrole nitrogens is 1. The lowest BCUT2D eigenvalue weighted by atomic mass is 10.1. The molecule has 0 atom stereocenters. The van der Waals surface area contributed by atoms with E-state index in [-0.39, 0.29) is 6.09 Å². The highest BCUT2D eigenvalue weighted by atomic mass is 32.2. The maximum atomic E-state index is 12.5. The summed E-state index contributed by atoms with van der Waals surface area (Å²) >= 11 is 1.69. The van der Waals surface area contributed by atoms with Crippen molar-refractivity contribution < 1.29 is 9.53 Å². The van der Waals surface area contributed by atoms with Gasteiger partial charge >= 0.3 is 6.09 Å². The molecule has 2 heterocycles. The number of anilines is 1. The van der Waals surface area contributed by atoms with Gasteiger partial charge < -0.3 is 14.5 Å². The van der Waals surface area contributed by atoms with Gasteiger partial charge in [-0.05, 0) is 49.7 Å². The number of piperazine rings is 1. The van der Waals surface area contributed by atoms with Gasteiger partial charge in [-0.1, -0.05) is 54.2 Å². The molecule has 7 heteroatoms. The number of aromatic amines is 1. The third kappa shape index (κ3) is 4.50. The standard InChI is InChI=1S/C26H28N4O2S/c1-26(2,3)32-25(31)30-16-14-29(15-17-30)21-12-7-11-20-23(21)24(28-27-20)33-22-13-6-9-18-8-4-5-10-19(18)22/h4-13H,14-17H2,1-3H3,(H,27,28). The second-order valence-electron chi connectivity index (χ2n) is 9.26. The fraction of sp³-hybridized carbons (Fsp3) is 0.308. The van der Waals surface area contributed by atoms with Crippen LogP contribution in [0.3, 0.4) is 0 Å². The predicted octanol–water partition coefficient (Wildman–Crippen LogP) is 5.92. The van der Waals surface area contributed by atoms with Crippen LogP contribution in [0.15, 0.2) is 70.6 Å². The van der Waals surface area contributed by atoms with E-state index in [1.807, 2.05) is 20.8 Å². The van der Waals surface area contributed by atoms with Gasteiger partial charge in [-0.15, -0.1) is 0 Å². The molecule has 1 N–H and O–H groups in total. The van der Waals surface area contributed by atoms with Crippen LogP contribution in [0.25, 0.3) is 21.7 Å². The molecule has 1 amide bonds. The highest BCUT2D eigenvalue weighted by molar-refractivity contribution is 7.99. The Morgan fingerprint density at radius 1 is 0.970 bits per heavy atom. The van der Waals surface area contributed by atoms with E-state index in [2.05, 4.69) is 75.8 Å². The average molecular weight is 461 g/mol. The molecular weight excluding hydrogens is 432 g/mol. The first-order valence-electron chi connectivity index (χ1n) is 11.2. The number of carbonyl (C=O) groups excluding carboxylic acids is 1. The van der Waals surface area contributed by atoms with Gasteiger partial charge in [0.15, 0.2) is 0 Å². The first-order chi connectivity index (χ1) is 15.9. The molecule has 1 aliphatic rings. The van der Waals surface area contributed by atoms with Crippen LogP contribution in [0.1, 0.15) is 20.8 Å². The molecule has 3 aromatic carbocycles. The van der Waals surface area contributed by atoms with Crippen LogP contribution in [-0.4, -0.2) is 53.0 Å². The number of ether oxygens (including phenoxy) is 1. The number of hydrogen-bond donors (Lipinski definition) is 1. The number of rotatable bonds is 3. The Morgan fingerprint density at radius 2 is 1.70 bits per heavy atom. The topological polar surface area (TPSA) is 61.5 Å². The zero-order chi connectivity index (χ0) is 23.0. The minimum atomic E-state index is -0.482. The summed E-state index contributed by atoms with van der Waals surface area (Å²) in [6.45, 7) is 8.47. The first kappa shape index (κ1) is 21.6. The van der Waals surface area contributed by atoms with Crippen molar-refractivity contribution in [2.45, 2.75) is 36.3 Å². The van der Waals surface area contributed by atoms with Crippen LogP contribution < -0.4 is 4.90 Å². The van der Waals surface area contributed by atoms with Crippen molar-refractivity contribution in [3.63, 3.8) is 0 Å². The summed E-state index contributed by atoms with van der Waals surface area (Å²) in [6, 6.07) is 21.1. The van der Waals surface area contributed by atoms with E-state index in [1.165, 1.54) is 15.7 Å². The maximum Gasteiger partial charge on any atom is 0.410 e. The van der Waals surface area contributed by atoms with Crippen LogP contribution in [0.4, 0.5) is 10.5 Å². The van der Waals surface area contributed by atoms with Gasteiger partial charge in [0.2, 0.25) is 0 Å². The third-order valence-corrected chi connectivity index (χ3v) is 6.83. The molecule has 0 spiro atoms. The lowest BCUT2D eigenvalue weighted by molar-refractivity contribution is 0.0240. The number of nitrogens with zero attached hydrogens (tertiary/aromatic N) is 3. The van der Waals surface area contributed by atoms with Crippen molar-refractivity contribution in [1.29, 1.82) is 0 Å². The minimum absolute atomic E-state index is 0.240. The predicted molar refractivity (Wildman–Crippen MR) is 134 cm³/mol. The number of amides is 1. The van der Waals surface area contributed by atoms with E-state index in [4.69, 9.17) is 4.74 Å². The highest BCUT2D eigenvalue weighted by Gasteiger charge is 2.27. The number of aromatic nitrogens is 2. The number of hydrogen-bond acceptors (Lipinski definition) is 5. The zero-order valence-corrected chi connectivity index (χ0v) is 20.0. The number of benzene rings is 3. The Hall–Kier alpha value is -3.19. The van der Waals surface area contributed by atoms with E-state index in [0.717, 1.165) is 34.7 Å². The van der Waals surface area contributed by atoms with Gasteiger partial charge in [-0.25, -0.2) is 4.79 Å². The SMILES string of the molecule is CC(C)(C)OC(=O)N1CCN(c2cccc3[nH]nc(Sc4cccc5ccccc45)c23)CC1. The van der Waals surface area contributed by atoms with Crippen molar-refractivity contribution in [1.82, 2.24) is 15.1 Å². The van der Waals surface area contributed by atoms with Crippen molar-refractivity contribution >= 4 is 45.2 Å². The average Bonchev–Trinajstić information content (AvgIpc) is 3.21. The summed E-state index contributed by atoms with van der Waals surface area (Å²) < 4.78 is 5.55. The molecule has 33 heavy (non-hydrogen) atoms. The summed E-state index contributed by atoms with van der Waals surface area (Å²) in [4.78, 5) is 17.8. The molecule has 1 saturated heterocycles. The molecule has 0 bridgehead atoms. The smallest absolute Gasteiger partial charge is 0.410 e. The molecule has 0 saturated carbocycles. The fourth-order valence-electron chi connectivity index (χ4n) is 4.21. The molecule has 1 aromatic heterocycles. The molecule has 0 radical (unpaired) electrons. The lowest BCUT2D eigenvalue weighted by Crippen LogP contribution is -2.50. The summed E-state index contributed by atoms with van der Waals surface area (Å²) in [6.07, 6.45) is -0.240. The van der Waals surface area contributed by atoms with Crippen LogP contribution >= 0.6 is 11.8 Å². The van der Waals surface area contributed by atoms with Gasteiger partial charge in [0.25, 0.3) is 0 Å². The summed E-state index contributed by atoms with van der Waals surface area (Å²) in [5, 5.41) is 12.4. The van der Waals surface area contributed by atoms with Crippen molar-refractivity contribution in [2.75, 3.05) is 31.1 Å². The van der Waals surface area contributed by atoms with Crippen molar-refractivity contribution in [2.24, 2.45) is 0 Å². The third-order valence-electron chi connectivity index (χ3n) is 5.76. The molecule has 4 aromatic rings. The molecule has 0 aliphatic carbocycles. The second kappa shape index (κ2) is 8.63. The first-order valence-corrected chi connectivity index (χ1v) is 12.1. The molecule has 1 aliphatic heterocycles. The van der Waals surface area contributed by atoms with Gasteiger partial charge in [0.1, 0.15) is 10.6 Å². The zero-order valence-electron chi connectivity index (χ0n) is 19.2. The van der Waals surface area contributed by atoms with E-state index in [1.54, 1.807) is 16.7 Å². The quantitative estimate of drug-likeness (QED) is 0.411. The second-order valence-corrected chi connectivity index (χ2v) is 10.3. The maximum absolute atomic E-state index is 12.5. The fourth-order valence-corrected chi connectivity index (χ4v) is 5.27. The van der Waals surface area contributed by atoms with E-state index < -0.39 is 5.60 Å². The van der Waals surface area contributed by atoms with Gasteiger partial charge in [0, 0.05) is 36.8 Å². The van der Waals surface area contributed by atoms with Crippen LogP contribution in [0.2, 0.25) is 0 Å². The normalized spacial score (nSPS) is 14.8. The Bertz CT molecular complexity index is 1300. The Kier molecular flexibility index (Phi) is 5.66. The summed E-state index contributed by atoms with van der Waals surface area (Å²) in [5.41, 5.74) is 1.68. The largest absolute Gasteiger partial charge is 0.444 e.